The fourth-order valence-electron chi connectivity index (χ4n) is 3.18. The Morgan fingerprint density at radius 1 is 0.833 bits per heavy atom. The van der Waals surface area contributed by atoms with Crippen molar-refractivity contribution in [3.05, 3.63) is 120 Å². The lowest BCUT2D eigenvalue weighted by Gasteiger charge is -2.25. The maximum absolute atomic E-state index is 12.7. The standard InChI is InChI=1S/C25H22N4O/c30-25(28-17-22-11-7-8-14-27-22)21-15-24(18-26-16-21)29(23-12-5-2-6-13-23)19-20-9-3-1-4-10-20/h1-16,18H,17,19H2,(H,28,30). The largest absolute Gasteiger partial charge is 0.346 e. The first kappa shape index (κ1) is 19.3. The van der Waals surface area contributed by atoms with Crippen molar-refractivity contribution in [3.8, 4) is 0 Å². The number of para-hydroxylation sites is 1. The summed E-state index contributed by atoms with van der Waals surface area (Å²) in [4.78, 5) is 23.4. The molecule has 5 nitrogen and oxygen atoms in total. The van der Waals surface area contributed by atoms with E-state index in [1.165, 1.54) is 5.56 Å². The van der Waals surface area contributed by atoms with Gasteiger partial charge < -0.3 is 10.2 Å². The smallest absolute Gasteiger partial charge is 0.253 e. The zero-order valence-electron chi connectivity index (χ0n) is 16.5. The zero-order chi connectivity index (χ0) is 20.6. The number of rotatable bonds is 7. The number of anilines is 2. The van der Waals surface area contributed by atoms with Crippen LogP contribution in [-0.2, 0) is 13.1 Å². The van der Waals surface area contributed by atoms with Gasteiger partial charge in [0.25, 0.3) is 5.91 Å². The maximum Gasteiger partial charge on any atom is 0.253 e. The number of aromatic nitrogens is 2. The molecule has 0 saturated carbocycles. The third kappa shape index (κ3) is 4.89. The lowest BCUT2D eigenvalue weighted by molar-refractivity contribution is 0.0950. The first-order valence-electron chi connectivity index (χ1n) is 9.79. The molecule has 2 heterocycles. The van der Waals surface area contributed by atoms with E-state index < -0.39 is 0 Å². The second-order valence-electron chi connectivity index (χ2n) is 6.84. The molecule has 30 heavy (non-hydrogen) atoms. The van der Waals surface area contributed by atoms with Crippen molar-refractivity contribution in [3.63, 3.8) is 0 Å². The Hall–Kier alpha value is -3.99. The third-order valence-corrected chi connectivity index (χ3v) is 4.71. The van der Waals surface area contributed by atoms with Gasteiger partial charge in [0.1, 0.15) is 0 Å². The minimum Gasteiger partial charge on any atom is -0.346 e. The van der Waals surface area contributed by atoms with Crippen molar-refractivity contribution in [2.75, 3.05) is 4.90 Å². The van der Waals surface area contributed by atoms with Crippen LogP contribution in [0.4, 0.5) is 11.4 Å². The van der Waals surface area contributed by atoms with Gasteiger partial charge >= 0.3 is 0 Å². The molecule has 0 atom stereocenters. The summed E-state index contributed by atoms with van der Waals surface area (Å²) in [5.74, 6) is -0.178. The fourth-order valence-corrected chi connectivity index (χ4v) is 3.18. The molecule has 0 aliphatic rings. The number of amides is 1. The monoisotopic (exact) mass is 394 g/mol. The lowest BCUT2D eigenvalue weighted by Crippen LogP contribution is -2.24. The molecule has 0 unspecified atom stereocenters. The van der Waals surface area contributed by atoms with Crippen LogP contribution in [0.5, 0.6) is 0 Å². The van der Waals surface area contributed by atoms with E-state index in [4.69, 9.17) is 0 Å². The summed E-state index contributed by atoms with van der Waals surface area (Å²) in [6.45, 7) is 1.04. The van der Waals surface area contributed by atoms with Crippen LogP contribution < -0.4 is 10.2 Å². The number of carbonyl (C=O) groups is 1. The summed E-state index contributed by atoms with van der Waals surface area (Å²) in [5.41, 5.74) is 4.39. The molecular formula is C25H22N4O. The van der Waals surface area contributed by atoms with Crippen LogP contribution in [0.25, 0.3) is 0 Å². The van der Waals surface area contributed by atoms with Crippen LogP contribution in [0.3, 0.4) is 0 Å². The maximum atomic E-state index is 12.7. The fraction of sp³-hybridized carbons (Fsp3) is 0.0800. The summed E-state index contributed by atoms with van der Waals surface area (Å²) in [6, 6.07) is 27.8. The molecule has 1 amide bonds. The second-order valence-corrected chi connectivity index (χ2v) is 6.84. The van der Waals surface area contributed by atoms with Gasteiger partial charge in [0.15, 0.2) is 0 Å². The first-order valence-corrected chi connectivity index (χ1v) is 9.79. The molecule has 0 fully saturated rings. The number of nitrogens with zero attached hydrogens (tertiary/aromatic N) is 3. The molecule has 0 aliphatic carbocycles. The molecule has 0 saturated heterocycles. The molecule has 148 valence electrons. The van der Waals surface area contributed by atoms with E-state index in [1.807, 2.05) is 60.7 Å². The van der Waals surface area contributed by atoms with Crippen molar-refractivity contribution in [2.24, 2.45) is 0 Å². The van der Waals surface area contributed by atoms with E-state index in [0.29, 0.717) is 18.7 Å². The predicted molar refractivity (Wildman–Crippen MR) is 118 cm³/mol. The summed E-state index contributed by atoms with van der Waals surface area (Å²) >= 11 is 0. The van der Waals surface area contributed by atoms with Crippen molar-refractivity contribution in [2.45, 2.75) is 13.1 Å². The Kier molecular flexibility index (Phi) is 6.11. The van der Waals surface area contributed by atoms with E-state index >= 15 is 0 Å². The van der Waals surface area contributed by atoms with Crippen molar-refractivity contribution < 1.29 is 4.79 Å². The van der Waals surface area contributed by atoms with Gasteiger partial charge in [-0.3, -0.25) is 14.8 Å². The highest BCUT2D eigenvalue weighted by Crippen LogP contribution is 2.27. The van der Waals surface area contributed by atoms with Gasteiger partial charge in [-0.15, -0.1) is 0 Å². The Bertz CT molecular complexity index is 1090. The number of benzene rings is 2. The topological polar surface area (TPSA) is 58.1 Å². The highest BCUT2D eigenvalue weighted by Gasteiger charge is 2.14. The number of nitrogens with one attached hydrogen (secondary N) is 1. The van der Waals surface area contributed by atoms with Gasteiger partial charge in [0.2, 0.25) is 0 Å². The number of carbonyl (C=O) groups excluding carboxylic acids is 1. The zero-order valence-corrected chi connectivity index (χ0v) is 16.5. The van der Waals surface area contributed by atoms with Crippen LogP contribution in [0.2, 0.25) is 0 Å². The minimum atomic E-state index is -0.178. The van der Waals surface area contributed by atoms with Crippen molar-refractivity contribution in [1.82, 2.24) is 15.3 Å². The average Bonchev–Trinajstić information content (AvgIpc) is 2.83. The summed E-state index contributed by atoms with van der Waals surface area (Å²) < 4.78 is 0. The Balaban J connectivity index is 1.57. The quantitative estimate of drug-likeness (QED) is 0.492. The molecule has 0 bridgehead atoms. The molecule has 0 spiro atoms. The molecule has 4 aromatic rings. The van der Waals surface area contributed by atoms with E-state index in [9.17, 15) is 4.79 Å². The van der Waals surface area contributed by atoms with Crippen LogP contribution in [0.1, 0.15) is 21.6 Å². The van der Waals surface area contributed by atoms with Crippen LogP contribution in [0, 0.1) is 0 Å². The van der Waals surface area contributed by atoms with E-state index in [-0.39, 0.29) is 5.91 Å². The van der Waals surface area contributed by atoms with Crippen molar-refractivity contribution in [1.29, 1.82) is 0 Å². The van der Waals surface area contributed by atoms with Crippen molar-refractivity contribution >= 4 is 17.3 Å². The summed E-state index contributed by atoms with van der Waals surface area (Å²) in [6.07, 6.45) is 5.08. The molecule has 4 rings (SSSR count). The van der Waals surface area contributed by atoms with E-state index in [0.717, 1.165) is 17.1 Å². The lowest BCUT2D eigenvalue weighted by atomic mass is 10.1. The van der Waals surface area contributed by atoms with Crippen LogP contribution in [0.15, 0.2) is 104 Å². The molecule has 0 aliphatic heterocycles. The van der Waals surface area contributed by atoms with Gasteiger partial charge in [-0.1, -0.05) is 54.6 Å². The number of hydrogen-bond acceptors (Lipinski definition) is 4. The highest BCUT2D eigenvalue weighted by atomic mass is 16.1. The summed E-state index contributed by atoms with van der Waals surface area (Å²) in [5, 5.41) is 2.91. The Morgan fingerprint density at radius 2 is 1.57 bits per heavy atom. The normalized spacial score (nSPS) is 10.4. The van der Waals surface area contributed by atoms with E-state index in [2.05, 4.69) is 44.5 Å². The molecule has 0 radical (unpaired) electrons. The molecular weight excluding hydrogens is 372 g/mol. The van der Waals surface area contributed by atoms with Gasteiger partial charge in [-0.25, -0.2) is 0 Å². The number of hydrogen-bond donors (Lipinski definition) is 1. The van der Waals surface area contributed by atoms with E-state index in [1.54, 1.807) is 18.6 Å². The van der Waals surface area contributed by atoms with Gasteiger partial charge in [0, 0.05) is 24.6 Å². The molecule has 2 aromatic heterocycles. The predicted octanol–water partition coefficient (Wildman–Crippen LogP) is 4.74. The Morgan fingerprint density at radius 3 is 2.30 bits per heavy atom. The van der Waals surface area contributed by atoms with Gasteiger partial charge in [0.05, 0.1) is 29.7 Å². The first-order chi connectivity index (χ1) is 14.8. The second kappa shape index (κ2) is 9.47. The average molecular weight is 394 g/mol. The number of pyridine rings is 2. The summed E-state index contributed by atoms with van der Waals surface area (Å²) in [7, 11) is 0. The molecule has 1 N–H and O–H groups in total. The van der Waals surface area contributed by atoms with Gasteiger partial charge in [-0.2, -0.15) is 0 Å². The highest BCUT2D eigenvalue weighted by molar-refractivity contribution is 5.94. The van der Waals surface area contributed by atoms with Crippen LogP contribution >= 0.6 is 0 Å². The minimum absolute atomic E-state index is 0.178. The van der Waals surface area contributed by atoms with Crippen LogP contribution in [-0.4, -0.2) is 15.9 Å². The Labute approximate surface area is 176 Å². The third-order valence-electron chi connectivity index (χ3n) is 4.71. The molecule has 2 aromatic carbocycles. The molecule has 5 heteroatoms. The SMILES string of the molecule is O=C(NCc1ccccn1)c1cncc(N(Cc2ccccc2)c2ccccc2)c1. The van der Waals surface area contributed by atoms with Gasteiger partial charge in [-0.05, 0) is 35.9 Å².